The Morgan fingerprint density at radius 2 is 1.63 bits per heavy atom. The zero-order valence-electron chi connectivity index (χ0n) is 13.0. The second kappa shape index (κ2) is 8.21. The van der Waals surface area contributed by atoms with Crippen LogP contribution in [0.15, 0.2) is 24.3 Å². The monoisotopic (exact) mass is 264 g/mol. The number of benzene rings is 1. The van der Waals surface area contributed by atoms with Crippen molar-refractivity contribution < 1.29 is 9.47 Å². The first kappa shape index (κ1) is 16.0. The van der Waals surface area contributed by atoms with Crippen molar-refractivity contribution in [2.75, 3.05) is 6.61 Å². The lowest BCUT2D eigenvalue weighted by atomic mass is 9.99. The van der Waals surface area contributed by atoms with Crippen molar-refractivity contribution in [2.45, 2.75) is 53.8 Å². The van der Waals surface area contributed by atoms with Crippen LogP contribution < -0.4 is 4.74 Å². The molecule has 108 valence electrons. The van der Waals surface area contributed by atoms with Gasteiger partial charge in [0.1, 0.15) is 5.75 Å². The fourth-order valence-electron chi connectivity index (χ4n) is 1.80. The number of hydrogen-bond donors (Lipinski definition) is 0. The highest BCUT2D eigenvalue weighted by Gasteiger charge is 2.06. The Morgan fingerprint density at radius 3 is 2.16 bits per heavy atom. The summed E-state index contributed by atoms with van der Waals surface area (Å²) in [4.78, 5) is 0. The van der Waals surface area contributed by atoms with E-state index < -0.39 is 0 Å². The molecule has 0 aliphatic heterocycles. The van der Waals surface area contributed by atoms with E-state index in [1.54, 1.807) is 0 Å². The number of rotatable bonds is 8. The maximum atomic E-state index is 5.73. The van der Waals surface area contributed by atoms with Gasteiger partial charge in [-0.3, -0.25) is 0 Å². The minimum atomic E-state index is -0.192. The molecule has 0 saturated heterocycles. The Kier molecular flexibility index (Phi) is 6.93. The fourth-order valence-corrected chi connectivity index (χ4v) is 1.80. The van der Waals surface area contributed by atoms with Crippen LogP contribution >= 0.6 is 0 Å². The van der Waals surface area contributed by atoms with Crippen LogP contribution in [0.3, 0.4) is 0 Å². The van der Waals surface area contributed by atoms with Crippen molar-refractivity contribution in [1.29, 1.82) is 0 Å². The molecule has 19 heavy (non-hydrogen) atoms. The van der Waals surface area contributed by atoms with Crippen molar-refractivity contribution in [3.63, 3.8) is 0 Å². The molecule has 1 aromatic carbocycles. The zero-order valence-corrected chi connectivity index (χ0v) is 13.0. The first-order valence-electron chi connectivity index (χ1n) is 7.38. The zero-order chi connectivity index (χ0) is 14.3. The van der Waals surface area contributed by atoms with Gasteiger partial charge in [-0.1, -0.05) is 46.2 Å². The first-order valence-corrected chi connectivity index (χ1v) is 7.38. The van der Waals surface area contributed by atoms with Gasteiger partial charge in [-0.2, -0.15) is 0 Å². The lowest BCUT2D eigenvalue weighted by Gasteiger charge is -2.17. The summed E-state index contributed by atoms with van der Waals surface area (Å²) in [6.07, 6.45) is 2.16. The molecule has 0 spiro atoms. The highest BCUT2D eigenvalue weighted by Crippen LogP contribution is 2.17. The van der Waals surface area contributed by atoms with Gasteiger partial charge >= 0.3 is 0 Å². The molecule has 1 rings (SSSR count). The van der Waals surface area contributed by atoms with Crippen LogP contribution in [0.5, 0.6) is 5.75 Å². The molecule has 0 bridgehead atoms. The van der Waals surface area contributed by atoms with E-state index in [0.29, 0.717) is 5.92 Å². The predicted octanol–water partition coefficient (Wildman–Crippen LogP) is 4.67. The third-order valence-electron chi connectivity index (χ3n) is 3.17. The molecule has 0 aliphatic rings. The van der Waals surface area contributed by atoms with Gasteiger partial charge in [0.2, 0.25) is 0 Å². The minimum Gasteiger partial charge on any atom is -0.465 e. The molecule has 0 N–H and O–H groups in total. The van der Waals surface area contributed by atoms with Gasteiger partial charge in [0.05, 0.1) is 6.61 Å². The molecule has 0 heterocycles. The smallest absolute Gasteiger partial charge is 0.196 e. The summed E-state index contributed by atoms with van der Waals surface area (Å²) in [6, 6.07) is 8.37. The maximum Gasteiger partial charge on any atom is 0.196 e. The van der Waals surface area contributed by atoms with Crippen molar-refractivity contribution in [1.82, 2.24) is 0 Å². The summed E-state index contributed by atoms with van der Waals surface area (Å²) < 4.78 is 11.3. The van der Waals surface area contributed by atoms with Crippen LogP contribution in [0.1, 0.15) is 46.6 Å². The molecule has 0 radical (unpaired) electrons. The molecular weight excluding hydrogens is 236 g/mol. The molecular formula is C17H28O2. The SMILES string of the molecule is CCC(C)Cc1ccc(OC(C)OCC(C)C)cc1. The van der Waals surface area contributed by atoms with Gasteiger partial charge < -0.3 is 9.47 Å². The van der Waals surface area contributed by atoms with Crippen LogP contribution in [0.25, 0.3) is 0 Å². The highest BCUT2D eigenvalue weighted by atomic mass is 16.7. The quantitative estimate of drug-likeness (QED) is 0.635. The van der Waals surface area contributed by atoms with E-state index in [1.165, 1.54) is 12.0 Å². The van der Waals surface area contributed by atoms with Crippen LogP contribution in [-0.4, -0.2) is 12.9 Å². The van der Waals surface area contributed by atoms with Crippen LogP contribution in [0.4, 0.5) is 0 Å². The summed E-state index contributed by atoms with van der Waals surface area (Å²) in [5.41, 5.74) is 1.37. The first-order chi connectivity index (χ1) is 9.01. The van der Waals surface area contributed by atoms with E-state index in [4.69, 9.17) is 9.47 Å². The number of hydrogen-bond acceptors (Lipinski definition) is 2. The molecule has 2 heteroatoms. The molecule has 0 aliphatic carbocycles. The molecule has 2 unspecified atom stereocenters. The standard InChI is InChI=1S/C17H28O2/c1-6-14(4)11-16-7-9-17(10-8-16)19-15(5)18-12-13(2)3/h7-10,13-15H,6,11-12H2,1-5H3. The second-order valence-electron chi connectivity index (χ2n) is 5.77. The van der Waals surface area contributed by atoms with E-state index in [-0.39, 0.29) is 6.29 Å². The largest absolute Gasteiger partial charge is 0.465 e. The average molecular weight is 264 g/mol. The summed E-state index contributed by atoms with van der Waals surface area (Å²) in [6.45, 7) is 11.5. The topological polar surface area (TPSA) is 18.5 Å². The number of ether oxygens (including phenoxy) is 2. The van der Waals surface area contributed by atoms with Crippen molar-refractivity contribution in [3.05, 3.63) is 29.8 Å². The van der Waals surface area contributed by atoms with Crippen LogP contribution in [0, 0.1) is 11.8 Å². The Hall–Kier alpha value is -1.02. The van der Waals surface area contributed by atoms with E-state index in [0.717, 1.165) is 24.7 Å². The summed E-state index contributed by atoms with van der Waals surface area (Å²) in [5.74, 6) is 2.15. The molecule has 2 nitrogen and oxygen atoms in total. The van der Waals surface area contributed by atoms with Gasteiger partial charge in [0, 0.05) is 0 Å². The van der Waals surface area contributed by atoms with E-state index in [9.17, 15) is 0 Å². The molecule has 2 atom stereocenters. The van der Waals surface area contributed by atoms with Crippen molar-refractivity contribution >= 4 is 0 Å². The lowest BCUT2D eigenvalue weighted by molar-refractivity contribution is -0.0755. The molecule has 1 aromatic rings. The summed E-state index contributed by atoms with van der Waals surface area (Å²) in [7, 11) is 0. The van der Waals surface area contributed by atoms with E-state index in [2.05, 4.69) is 39.8 Å². The van der Waals surface area contributed by atoms with Crippen LogP contribution in [-0.2, 0) is 11.2 Å². The third-order valence-corrected chi connectivity index (χ3v) is 3.17. The normalized spacial score (nSPS) is 14.4. The highest BCUT2D eigenvalue weighted by molar-refractivity contribution is 5.27. The molecule has 0 fully saturated rings. The van der Waals surface area contributed by atoms with Crippen LogP contribution in [0.2, 0.25) is 0 Å². The van der Waals surface area contributed by atoms with Gasteiger partial charge in [-0.05, 0) is 42.9 Å². The molecule has 0 saturated carbocycles. The second-order valence-corrected chi connectivity index (χ2v) is 5.77. The minimum absolute atomic E-state index is 0.192. The van der Waals surface area contributed by atoms with E-state index >= 15 is 0 Å². The molecule has 0 aromatic heterocycles. The van der Waals surface area contributed by atoms with Crippen molar-refractivity contribution in [2.24, 2.45) is 11.8 Å². The van der Waals surface area contributed by atoms with Crippen molar-refractivity contribution in [3.8, 4) is 5.75 Å². The maximum absolute atomic E-state index is 5.73. The predicted molar refractivity (Wildman–Crippen MR) is 80.5 cm³/mol. The average Bonchev–Trinajstić information content (AvgIpc) is 2.38. The summed E-state index contributed by atoms with van der Waals surface area (Å²) >= 11 is 0. The van der Waals surface area contributed by atoms with Gasteiger partial charge in [-0.25, -0.2) is 0 Å². The Morgan fingerprint density at radius 1 is 1.00 bits per heavy atom. The van der Waals surface area contributed by atoms with Gasteiger partial charge in [0.25, 0.3) is 0 Å². The summed E-state index contributed by atoms with van der Waals surface area (Å²) in [5, 5.41) is 0. The Bertz CT molecular complexity index is 343. The van der Waals surface area contributed by atoms with Gasteiger partial charge in [0.15, 0.2) is 6.29 Å². The third kappa shape index (κ3) is 6.63. The van der Waals surface area contributed by atoms with Gasteiger partial charge in [-0.15, -0.1) is 0 Å². The lowest BCUT2D eigenvalue weighted by Crippen LogP contribution is -2.19. The Labute approximate surface area is 118 Å². The van der Waals surface area contributed by atoms with E-state index in [1.807, 2.05) is 19.1 Å². The Balaban J connectivity index is 2.43. The fraction of sp³-hybridized carbons (Fsp3) is 0.647. The molecule has 0 amide bonds.